The Morgan fingerprint density at radius 1 is 1.21 bits per heavy atom. The van der Waals surface area contributed by atoms with Gasteiger partial charge in [0.25, 0.3) is 0 Å². The maximum Gasteiger partial charge on any atom is 0.229 e. The van der Waals surface area contributed by atoms with Gasteiger partial charge >= 0.3 is 0 Å². The fourth-order valence-corrected chi connectivity index (χ4v) is 4.04. The Morgan fingerprint density at radius 2 is 2.10 bits per heavy atom. The lowest BCUT2D eigenvalue weighted by atomic mass is 9.97. The first-order valence-electron chi connectivity index (χ1n) is 9.66. The SMILES string of the molecule is Cc1cc(Br)ccc1NC(=O)C1CCCN(c2ccc(-c3cccnc3)nn2)C1. The number of nitrogens with zero attached hydrogens (tertiary/aromatic N) is 4. The van der Waals surface area contributed by atoms with Gasteiger partial charge in [0.2, 0.25) is 5.91 Å². The van der Waals surface area contributed by atoms with Crippen molar-refractivity contribution in [1.29, 1.82) is 0 Å². The smallest absolute Gasteiger partial charge is 0.229 e. The fraction of sp³-hybridized carbons (Fsp3) is 0.273. The molecule has 1 amide bonds. The van der Waals surface area contributed by atoms with Crippen LogP contribution in [-0.2, 0) is 4.79 Å². The van der Waals surface area contributed by atoms with Gasteiger partial charge in [0.1, 0.15) is 0 Å². The summed E-state index contributed by atoms with van der Waals surface area (Å²) in [6.07, 6.45) is 5.33. The largest absolute Gasteiger partial charge is 0.354 e. The first-order chi connectivity index (χ1) is 14.1. The number of pyridine rings is 1. The monoisotopic (exact) mass is 451 g/mol. The van der Waals surface area contributed by atoms with Crippen molar-refractivity contribution < 1.29 is 4.79 Å². The second-order valence-electron chi connectivity index (χ2n) is 7.25. The van der Waals surface area contributed by atoms with Crippen molar-refractivity contribution in [3.63, 3.8) is 0 Å². The van der Waals surface area contributed by atoms with Crippen molar-refractivity contribution in [1.82, 2.24) is 15.2 Å². The van der Waals surface area contributed by atoms with Gasteiger partial charge in [-0.1, -0.05) is 15.9 Å². The number of aromatic nitrogens is 3. The van der Waals surface area contributed by atoms with Crippen LogP contribution in [0.1, 0.15) is 18.4 Å². The van der Waals surface area contributed by atoms with Gasteiger partial charge in [-0.05, 0) is 67.8 Å². The van der Waals surface area contributed by atoms with Crippen molar-refractivity contribution in [3.05, 3.63) is 64.9 Å². The molecule has 3 aromatic rings. The second-order valence-corrected chi connectivity index (χ2v) is 8.17. The Labute approximate surface area is 178 Å². The standard InChI is InChI=1S/C22H22BrN5O/c1-15-12-18(23)6-7-19(15)25-22(29)17-5-3-11-28(14-17)21-9-8-20(26-27-21)16-4-2-10-24-13-16/h2,4,6-10,12-13,17H,3,5,11,14H2,1H3,(H,25,29). The average Bonchev–Trinajstić information content (AvgIpc) is 2.76. The van der Waals surface area contributed by atoms with Crippen LogP contribution in [0.5, 0.6) is 0 Å². The van der Waals surface area contributed by atoms with E-state index in [1.807, 2.05) is 49.4 Å². The molecule has 1 unspecified atom stereocenters. The van der Waals surface area contributed by atoms with Gasteiger partial charge < -0.3 is 10.2 Å². The third-order valence-electron chi connectivity index (χ3n) is 5.17. The highest BCUT2D eigenvalue weighted by atomic mass is 79.9. The zero-order valence-electron chi connectivity index (χ0n) is 16.2. The molecule has 1 aromatic carbocycles. The first kappa shape index (κ1) is 19.5. The molecule has 1 fully saturated rings. The van der Waals surface area contributed by atoms with Crippen LogP contribution >= 0.6 is 15.9 Å². The molecule has 0 bridgehead atoms. The van der Waals surface area contributed by atoms with Crippen LogP contribution in [0, 0.1) is 12.8 Å². The number of amides is 1. The minimum atomic E-state index is -0.0772. The zero-order valence-corrected chi connectivity index (χ0v) is 17.8. The molecule has 3 heterocycles. The maximum atomic E-state index is 12.8. The number of rotatable bonds is 4. The average molecular weight is 452 g/mol. The van der Waals surface area contributed by atoms with Crippen LogP contribution in [0.3, 0.4) is 0 Å². The number of carbonyl (C=O) groups excluding carboxylic acids is 1. The lowest BCUT2D eigenvalue weighted by molar-refractivity contribution is -0.120. The van der Waals surface area contributed by atoms with Crippen LogP contribution in [-0.4, -0.2) is 34.2 Å². The Morgan fingerprint density at radius 3 is 2.83 bits per heavy atom. The number of hydrogen-bond acceptors (Lipinski definition) is 5. The lowest BCUT2D eigenvalue weighted by Gasteiger charge is -2.32. The van der Waals surface area contributed by atoms with Crippen molar-refractivity contribution in [2.24, 2.45) is 5.92 Å². The Kier molecular flexibility index (Phi) is 5.85. The summed E-state index contributed by atoms with van der Waals surface area (Å²) in [4.78, 5) is 19.1. The van der Waals surface area contributed by atoms with Crippen LogP contribution in [0.4, 0.5) is 11.5 Å². The van der Waals surface area contributed by atoms with E-state index < -0.39 is 0 Å². The van der Waals surface area contributed by atoms with E-state index >= 15 is 0 Å². The summed E-state index contributed by atoms with van der Waals surface area (Å²) < 4.78 is 1.00. The van der Waals surface area contributed by atoms with Crippen LogP contribution in [0.25, 0.3) is 11.3 Å². The Bertz CT molecular complexity index is 994. The highest BCUT2D eigenvalue weighted by molar-refractivity contribution is 9.10. The van der Waals surface area contributed by atoms with Gasteiger partial charge in [0.05, 0.1) is 11.6 Å². The van der Waals surface area contributed by atoms with Crippen molar-refractivity contribution in [2.75, 3.05) is 23.3 Å². The normalized spacial score (nSPS) is 16.5. The number of aryl methyl sites for hydroxylation is 1. The topological polar surface area (TPSA) is 71.0 Å². The van der Waals surface area contributed by atoms with Gasteiger partial charge in [0.15, 0.2) is 5.82 Å². The van der Waals surface area contributed by atoms with E-state index in [1.54, 1.807) is 12.4 Å². The van der Waals surface area contributed by atoms with E-state index in [1.165, 1.54) is 0 Å². The Balaban J connectivity index is 1.43. The number of anilines is 2. The van der Waals surface area contributed by atoms with Gasteiger partial charge in [-0.2, -0.15) is 0 Å². The Hall–Kier alpha value is -2.80. The highest BCUT2D eigenvalue weighted by Gasteiger charge is 2.27. The van der Waals surface area contributed by atoms with Gasteiger partial charge in [0, 0.05) is 41.2 Å². The van der Waals surface area contributed by atoms with Crippen LogP contribution in [0.15, 0.2) is 59.3 Å². The van der Waals surface area contributed by atoms with E-state index in [0.29, 0.717) is 6.54 Å². The molecule has 0 aliphatic carbocycles. The molecule has 2 aromatic heterocycles. The molecule has 0 saturated carbocycles. The zero-order chi connectivity index (χ0) is 20.2. The molecule has 148 valence electrons. The predicted molar refractivity (Wildman–Crippen MR) is 118 cm³/mol. The summed E-state index contributed by atoms with van der Waals surface area (Å²) in [5, 5.41) is 11.8. The molecular weight excluding hydrogens is 430 g/mol. The first-order valence-corrected chi connectivity index (χ1v) is 10.5. The van der Waals surface area contributed by atoms with E-state index in [4.69, 9.17) is 0 Å². The lowest BCUT2D eigenvalue weighted by Crippen LogP contribution is -2.41. The van der Waals surface area contributed by atoms with E-state index in [0.717, 1.165) is 52.2 Å². The summed E-state index contributed by atoms with van der Waals surface area (Å²) in [6.45, 7) is 3.51. The molecule has 6 nitrogen and oxygen atoms in total. The molecule has 1 N–H and O–H groups in total. The summed E-state index contributed by atoms with van der Waals surface area (Å²) in [7, 11) is 0. The third-order valence-corrected chi connectivity index (χ3v) is 5.66. The predicted octanol–water partition coefficient (Wildman–Crippen LogP) is 4.46. The molecule has 4 rings (SSSR count). The number of carbonyl (C=O) groups is 1. The molecule has 1 aliphatic rings. The third kappa shape index (κ3) is 4.62. The fourth-order valence-electron chi connectivity index (χ4n) is 3.56. The molecule has 7 heteroatoms. The maximum absolute atomic E-state index is 12.8. The van der Waals surface area contributed by atoms with Gasteiger partial charge in [-0.3, -0.25) is 9.78 Å². The number of piperidine rings is 1. The van der Waals surface area contributed by atoms with E-state index in [2.05, 4.69) is 41.3 Å². The minimum absolute atomic E-state index is 0.0556. The highest BCUT2D eigenvalue weighted by Crippen LogP contribution is 2.25. The molecule has 0 radical (unpaired) electrons. The van der Waals surface area contributed by atoms with E-state index in [9.17, 15) is 4.79 Å². The summed E-state index contributed by atoms with van der Waals surface area (Å²) in [5.41, 5.74) is 3.62. The van der Waals surface area contributed by atoms with E-state index in [-0.39, 0.29) is 11.8 Å². The van der Waals surface area contributed by atoms with Crippen molar-refractivity contribution >= 4 is 33.3 Å². The minimum Gasteiger partial charge on any atom is -0.354 e. The molecule has 1 saturated heterocycles. The number of hydrogen-bond donors (Lipinski definition) is 1. The van der Waals surface area contributed by atoms with Crippen LogP contribution in [0.2, 0.25) is 0 Å². The summed E-state index contributed by atoms with van der Waals surface area (Å²) in [5.74, 6) is 0.779. The van der Waals surface area contributed by atoms with Gasteiger partial charge in [-0.25, -0.2) is 0 Å². The molecule has 1 aliphatic heterocycles. The number of halogens is 1. The van der Waals surface area contributed by atoms with Crippen molar-refractivity contribution in [2.45, 2.75) is 19.8 Å². The summed E-state index contributed by atoms with van der Waals surface area (Å²) in [6, 6.07) is 13.6. The van der Waals surface area contributed by atoms with Crippen LogP contribution < -0.4 is 10.2 Å². The van der Waals surface area contributed by atoms with Crippen molar-refractivity contribution in [3.8, 4) is 11.3 Å². The second kappa shape index (κ2) is 8.69. The molecule has 0 spiro atoms. The number of benzene rings is 1. The molecular formula is C22H22BrN5O. The molecule has 29 heavy (non-hydrogen) atoms. The number of nitrogens with one attached hydrogen (secondary N) is 1. The quantitative estimate of drug-likeness (QED) is 0.633. The van der Waals surface area contributed by atoms with Gasteiger partial charge in [-0.15, -0.1) is 10.2 Å². The molecule has 1 atom stereocenters. The summed E-state index contributed by atoms with van der Waals surface area (Å²) >= 11 is 3.46.